The number of aryl methyl sites for hydroxylation is 1. The van der Waals surface area contributed by atoms with Crippen LogP contribution in [0, 0.1) is 39.4 Å². The zero-order valence-electron chi connectivity index (χ0n) is 81.5. The van der Waals surface area contributed by atoms with Crippen LogP contribution in [0.25, 0.3) is 22.3 Å². The summed E-state index contributed by atoms with van der Waals surface area (Å²) in [4.78, 5) is 184. The van der Waals surface area contributed by atoms with Gasteiger partial charge in [-0.1, -0.05) is 19.3 Å². The fraction of sp³-hybridized carbons (Fsp3) is 0.650. The SMILES string of the molecule is CC(=O)N[C@@H](CCCNC(=N)N)C(=O)N[C@@H](CCCCC(=N)N)C(=O)N[C@@H](CCCNC(=N)N)C(=O)N[C@@H](CCCCC(=N)N)C(=O)N[C@@H](CCCNC(=N)N)C(=O)N[C@@H](CCCCC(=N)N)C(=O)NCC(=O)N1C[C@@H](COP(=O)(N(C)C)N2C[C@@H](COP(=O)(N(C)C)N3C[C@@H](COP(C)(=O)N(C)C)O[C@@H](n4cc(C)c(=O)[nH]c4=O)C3)O[C@@H](n3cnc4c(N)ncnc43)C2)O[C@@H](n2cnc3c(=O)[nH]c(N)nc32)C1. The Bertz CT molecular complexity index is 5660. The van der Waals surface area contributed by atoms with Crippen LogP contribution < -0.4 is 116 Å². The van der Waals surface area contributed by atoms with E-state index < -0.39 is 192 Å². The lowest BCUT2D eigenvalue weighted by atomic mass is 10.0. The first-order valence-electron chi connectivity index (χ1n) is 46.2. The molecule has 3 aliphatic rings. The molecule has 8 heterocycles. The number of unbranched alkanes of at least 4 members (excludes halogenated alkanes) is 3. The molecule has 8 rings (SSSR count). The van der Waals surface area contributed by atoms with Crippen LogP contribution in [-0.2, 0) is 79.8 Å². The molecule has 0 radical (unpaired) electrons. The van der Waals surface area contributed by atoms with Gasteiger partial charge in [0.2, 0.25) is 53.2 Å². The Labute approximate surface area is 823 Å². The Morgan fingerprint density at radius 2 is 0.853 bits per heavy atom. The second-order valence-electron chi connectivity index (χ2n) is 35.3. The first-order chi connectivity index (χ1) is 67.5. The maximum Gasteiger partial charge on any atom is 0.345 e. The van der Waals surface area contributed by atoms with Gasteiger partial charge in [-0.15, -0.1) is 0 Å². The summed E-state index contributed by atoms with van der Waals surface area (Å²) in [7, 11) is -3.18. The van der Waals surface area contributed by atoms with Crippen LogP contribution in [0.2, 0.25) is 0 Å². The van der Waals surface area contributed by atoms with Crippen LogP contribution in [0.3, 0.4) is 0 Å². The molecule has 0 aliphatic carbocycles. The van der Waals surface area contributed by atoms with E-state index in [1.807, 2.05) is 0 Å². The molecular formula is C80H139N40O20P3. The zero-order chi connectivity index (χ0) is 105. The van der Waals surface area contributed by atoms with E-state index in [9.17, 15) is 42.9 Å². The van der Waals surface area contributed by atoms with Crippen molar-refractivity contribution in [1.29, 1.82) is 32.5 Å². The largest absolute Gasteiger partial charge is 0.388 e. The van der Waals surface area contributed by atoms with Crippen LogP contribution >= 0.6 is 22.9 Å². The Morgan fingerprint density at radius 3 is 1.27 bits per heavy atom. The Kier molecular flexibility index (Phi) is 43.8. The highest BCUT2D eigenvalue weighted by Gasteiger charge is 2.48. The maximum atomic E-state index is 16.4. The van der Waals surface area contributed by atoms with Gasteiger partial charge in [-0.25, -0.2) is 48.1 Å². The van der Waals surface area contributed by atoms with Crippen molar-refractivity contribution in [3.05, 3.63) is 61.9 Å². The molecule has 34 N–H and O–H groups in total. The molecular weight excluding hydrogens is 1930 g/mol. The van der Waals surface area contributed by atoms with E-state index in [4.69, 9.17) is 106 Å². The molecule has 3 aliphatic heterocycles. The summed E-state index contributed by atoms with van der Waals surface area (Å²) in [5.74, 6) is -8.91. The van der Waals surface area contributed by atoms with E-state index in [1.165, 1.54) is 111 Å². The van der Waals surface area contributed by atoms with Gasteiger partial charge in [0.1, 0.15) is 60.4 Å². The minimum atomic E-state index is -4.48. The number of rotatable bonds is 58. The molecule has 8 amide bonds. The lowest BCUT2D eigenvalue weighted by molar-refractivity contribution is -0.158. The third-order valence-corrected chi connectivity index (χ3v) is 30.4. The number of nitrogens with zero attached hydrogens (tertiary/aromatic N) is 14. The predicted octanol–water partition coefficient (Wildman–Crippen LogP) is -4.80. The molecule has 143 heavy (non-hydrogen) atoms. The number of amides is 8. The number of amidine groups is 3. The van der Waals surface area contributed by atoms with E-state index >= 15 is 23.5 Å². The van der Waals surface area contributed by atoms with Gasteiger partial charge in [0.05, 0.1) is 88.4 Å². The number of hydrogen-bond donors (Lipinski definition) is 26. The highest BCUT2D eigenvalue weighted by atomic mass is 31.2. The molecule has 0 spiro atoms. The number of nitrogens with one attached hydrogen (secondary N) is 18. The number of morpholine rings is 3. The number of carbonyl (C=O) groups is 8. The molecule has 3 unspecified atom stereocenters. The third-order valence-electron chi connectivity index (χ3n) is 23.3. The smallest absolute Gasteiger partial charge is 0.345 e. The minimum Gasteiger partial charge on any atom is -0.388 e. The van der Waals surface area contributed by atoms with Gasteiger partial charge in [0.15, 0.2) is 53.0 Å². The molecule has 0 bridgehead atoms. The Morgan fingerprint density at radius 1 is 0.469 bits per heavy atom. The van der Waals surface area contributed by atoms with Crippen molar-refractivity contribution in [2.75, 3.05) is 146 Å². The van der Waals surface area contributed by atoms with E-state index in [1.54, 1.807) is 14.1 Å². The van der Waals surface area contributed by atoms with Gasteiger partial charge in [-0.3, -0.25) is 118 Å². The molecule has 3 fully saturated rings. The van der Waals surface area contributed by atoms with E-state index in [0.717, 1.165) is 4.57 Å². The summed E-state index contributed by atoms with van der Waals surface area (Å²) < 4.78 is 95.7. The number of nitrogen functional groups attached to an aromatic ring is 2. The van der Waals surface area contributed by atoms with Crippen LogP contribution in [0.15, 0.2) is 39.6 Å². The van der Waals surface area contributed by atoms with Gasteiger partial charge < -0.3 is 132 Å². The van der Waals surface area contributed by atoms with Crippen LogP contribution in [0.4, 0.5) is 11.8 Å². The number of fused-ring (bicyclic) bond motifs is 2. The first kappa shape index (κ1) is 116. The quantitative estimate of drug-likeness (QED) is 0.00752. The van der Waals surface area contributed by atoms with Crippen molar-refractivity contribution in [2.24, 2.45) is 34.4 Å². The number of aromatic amines is 2. The summed E-state index contributed by atoms with van der Waals surface area (Å²) in [5, 5.41) is 73.3. The van der Waals surface area contributed by atoms with Crippen molar-refractivity contribution in [3.8, 4) is 0 Å². The van der Waals surface area contributed by atoms with Gasteiger partial charge in [0.25, 0.3) is 18.6 Å². The van der Waals surface area contributed by atoms with E-state index in [-0.39, 0.29) is 238 Å². The number of carbonyl (C=O) groups excluding carboxylic acids is 8. The number of aromatic nitrogens is 10. The molecule has 60 nitrogen and oxygen atoms in total. The van der Waals surface area contributed by atoms with Gasteiger partial charge in [-0.2, -0.15) is 4.98 Å². The zero-order valence-corrected chi connectivity index (χ0v) is 84.2. The minimum absolute atomic E-state index is 0.00434. The summed E-state index contributed by atoms with van der Waals surface area (Å²) in [6, 6.07) is -8.77. The van der Waals surface area contributed by atoms with Crippen LogP contribution in [0.5, 0.6) is 0 Å². The number of anilines is 2. The predicted molar refractivity (Wildman–Crippen MR) is 526 cm³/mol. The van der Waals surface area contributed by atoms with Crippen LogP contribution in [0.1, 0.15) is 147 Å². The monoisotopic (exact) mass is 2070 g/mol. The fourth-order valence-corrected chi connectivity index (χ4v) is 20.3. The molecule has 0 aromatic carbocycles. The molecule has 15 atom stereocenters. The maximum absolute atomic E-state index is 16.4. The number of guanidine groups is 3. The molecule has 5 aromatic heterocycles. The average molecular weight is 2070 g/mol. The number of H-pyrrole nitrogens is 2. The molecule has 63 heteroatoms. The summed E-state index contributed by atoms with van der Waals surface area (Å²) in [6.45, 7) is 0.198. The molecule has 0 saturated carbocycles. The second kappa shape index (κ2) is 54.2. The average Bonchev–Trinajstić information content (AvgIpc) is 1.75. The lowest BCUT2D eigenvalue weighted by Crippen LogP contribution is -2.60. The summed E-state index contributed by atoms with van der Waals surface area (Å²) >= 11 is 0. The molecule has 3 saturated heterocycles. The van der Waals surface area contributed by atoms with Gasteiger partial charge in [0, 0.05) is 83.9 Å². The highest BCUT2D eigenvalue weighted by molar-refractivity contribution is 7.55. The van der Waals surface area contributed by atoms with Gasteiger partial charge >= 0.3 is 21.0 Å². The van der Waals surface area contributed by atoms with Crippen molar-refractivity contribution >= 4 is 140 Å². The number of imidazole rings is 2. The Hall–Kier alpha value is -12.6. The first-order valence-corrected chi connectivity index (χ1v) is 51.3. The van der Waals surface area contributed by atoms with Crippen molar-refractivity contribution in [3.63, 3.8) is 0 Å². The van der Waals surface area contributed by atoms with Crippen molar-refractivity contribution in [2.45, 2.75) is 203 Å². The summed E-state index contributed by atoms with van der Waals surface area (Å²) in [5.41, 5.74) is 44.2. The number of nitrogens with two attached hydrogens (primary N) is 8. The number of ether oxygens (including phenoxy) is 3. The highest BCUT2D eigenvalue weighted by Crippen LogP contribution is 2.57. The number of hydrogen-bond acceptors (Lipinski definition) is 33. The standard InChI is InChI=1S/C80H139N40O20P3/c1-45-32-118(80(131)111-68(45)123)61-37-116(34-48(139-61)39-135-141(9,132)112(3)4)142(133,113(5)6)137-41-49-35-117(38-62(140-49)119-43-101-63-65(87)99-42-100-66(63)119)143(134,114(7)8)136-40-47-33-115(36-60(138-47)120-44-102-64-67(120)109-79(94)110-75(64)130)59(122)31-98-69(124)50(19-10-13-25-56(81)82)104-73(128)54(23-17-29-96-77(90)91)107-72(127)53(21-12-15-27-58(85)86)106-74(129)55(24-18-30-97-78(92)93)108-71(126)52(20-11-14-26-57(83)84)105-70(125)51(103-46(2)121)22-16-28-95-76(88)89/h32,42-44,47-55,60-62H,10-31,33-41H2,1-9H3,(H3,81,82)(H3,83,84)(H3,85,86)(H,98,124)(H,103,121)(H,104,128)(H,105,125)(H,106,129)(H,107,127)(H,108,126)(H2,87,99,100)(H4,88,89,95)(H4,90,91,96)(H4,92,93,97)(H,111,123,131)(H3,94,109,110,130)/t47-,48-,49-,50-,51-,52-,53-,54-,55-,60+,61+,62+,141?,142?,143?/m0/s1. The normalized spacial score (nSPS) is 19.4. The second-order valence-corrected chi connectivity index (χ2v) is 43.1. The van der Waals surface area contributed by atoms with Crippen molar-refractivity contribution < 1.29 is 79.8 Å². The van der Waals surface area contributed by atoms with E-state index in [2.05, 4.69) is 88.1 Å². The Balaban J connectivity index is 1.07. The van der Waals surface area contributed by atoms with Crippen molar-refractivity contribution in [1.82, 2.24) is 130 Å². The fourth-order valence-electron chi connectivity index (χ4n) is 15.6. The summed E-state index contributed by atoms with van der Waals surface area (Å²) in [6.07, 6.45) is -1.18. The van der Waals surface area contributed by atoms with E-state index in [0.29, 0.717) is 6.42 Å². The third kappa shape index (κ3) is 34.6. The molecule has 794 valence electrons. The van der Waals surface area contributed by atoms with Gasteiger partial charge in [-0.05, 0) is 126 Å². The van der Waals surface area contributed by atoms with Crippen LogP contribution in [-0.4, -0.2) is 348 Å². The topological polar surface area (TPSA) is 896 Å². The lowest BCUT2D eigenvalue weighted by Gasteiger charge is -2.45. The molecule has 5 aromatic rings.